The van der Waals surface area contributed by atoms with Crippen LogP contribution >= 0.6 is 40.0 Å². The Morgan fingerprint density at radius 1 is 1.43 bits per heavy atom. The maximum atomic E-state index is 14.1. The molecule has 2 heterocycles. The van der Waals surface area contributed by atoms with Crippen molar-refractivity contribution in [2.75, 3.05) is 14.1 Å². The van der Waals surface area contributed by atoms with Gasteiger partial charge in [-0.1, -0.05) is 11.8 Å². The first kappa shape index (κ1) is 24.9. The molecule has 1 saturated carbocycles. The maximum Gasteiger partial charge on any atom is 0.428 e. The van der Waals surface area contributed by atoms with Crippen molar-refractivity contribution in [1.82, 2.24) is 14.2 Å². The lowest BCUT2D eigenvalue weighted by atomic mass is 10.1. The van der Waals surface area contributed by atoms with E-state index >= 15 is 0 Å². The number of hydrogen-bond acceptors (Lipinski definition) is 7. The molecule has 0 spiro atoms. The second kappa shape index (κ2) is 10.3. The van der Waals surface area contributed by atoms with Gasteiger partial charge in [-0.2, -0.15) is 8.70 Å². The average molecular weight is 525 g/mol. The summed E-state index contributed by atoms with van der Waals surface area (Å²) < 4.78 is 34.2. The van der Waals surface area contributed by atoms with Gasteiger partial charge >= 0.3 is 6.09 Å². The standard InChI is InChI=1S/C15H16BrF2N3O2S2.C3H7NO/c1-15(2,3)23-14(22)21(25-18)13-20-11(8-5-10(8)24-13)9-4-7(16)6-19-12(9)17;1-4(2)3-5/h4,6,8,10-11H,5H2,1-3H3;3H,1-2H3. The Kier molecular flexibility index (Phi) is 8.51. The van der Waals surface area contributed by atoms with Crippen LogP contribution in [0.3, 0.4) is 0 Å². The minimum absolute atomic E-state index is 0.157. The predicted molar refractivity (Wildman–Crippen MR) is 118 cm³/mol. The highest BCUT2D eigenvalue weighted by Gasteiger charge is 2.50. The van der Waals surface area contributed by atoms with Gasteiger partial charge in [0.05, 0.1) is 6.04 Å². The molecule has 0 N–H and O–H groups in total. The van der Waals surface area contributed by atoms with E-state index in [1.807, 2.05) is 0 Å². The van der Waals surface area contributed by atoms with Crippen molar-refractivity contribution in [2.24, 2.45) is 10.9 Å². The van der Waals surface area contributed by atoms with Gasteiger partial charge < -0.3 is 9.64 Å². The molecular formula is C18H23BrF2N4O3S2. The number of amides is 2. The van der Waals surface area contributed by atoms with Crippen molar-refractivity contribution in [3.05, 3.63) is 28.2 Å². The van der Waals surface area contributed by atoms with Gasteiger partial charge in [0.25, 0.3) is 0 Å². The fraction of sp³-hybridized carbons (Fsp3) is 0.556. The largest absolute Gasteiger partial charge is 0.443 e. The minimum Gasteiger partial charge on any atom is -0.443 e. The fourth-order valence-corrected chi connectivity index (χ4v) is 4.54. The van der Waals surface area contributed by atoms with Gasteiger partial charge in [-0.25, -0.2) is 9.78 Å². The zero-order valence-electron chi connectivity index (χ0n) is 17.1. The lowest BCUT2D eigenvalue weighted by Crippen LogP contribution is -2.36. The number of amidine groups is 1. The lowest BCUT2D eigenvalue weighted by molar-refractivity contribution is -0.115. The van der Waals surface area contributed by atoms with Gasteiger partial charge in [0.1, 0.15) is 5.60 Å². The zero-order chi connectivity index (χ0) is 22.6. The van der Waals surface area contributed by atoms with E-state index in [0.29, 0.717) is 10.0 Å². The molecule has 0 saturated heterocycles. The Labute approximate surface area is 191 Å². The molecule has 3 unspecified atom stereocenters. The van der Waals surface area contributed by atoms with Crippen molar-refractivity contribution in [3.8, 4) is 0 Å². The second-order valence-corrected chi connectivity index (χ2v) is 10.5. The molecule has 3 rings (SSSR count). The third-order valence-electron chi connectivity index (χ3n) is 3.86. The number of halogens is 3. The number of rotatable bonds is 3. The summed E-state index contributed by atoms with van der Waals surface area (Å²) in [6.07, 6.45) is 2.11. The summed E-state index contributed by atoms with van der Waals surface area (Å²) in [7, 11) is 3.38. The number of fused-ring (bicyclic) bond motifs is 1. The molecule has 1 fully saturated rings. The molecule has 1 aromatic heterocycles. The minimum atomic E-state index is -0.836. The van der Waals surface area contributed by atoms with E-state index < -0.39 is 23.7 Å². The van der Waals surface area contributed by atoms with E-state index in [9.17, 15) is 17.9 Å². The van der Waals surface area contributed by atoms with Crippen molar-refractivity contribution in [3.63, 3.8) is 0 Å². The topological polar surface area (TPSA) is 75.1 Å². The van der Waals surface area contributed by atoms with Gasteiger partial charge in [0.15, 0.2) is 17.5 Å². The SMILES string of the molecule is CC(C)(C)OC(=O)N(SF)C1=NC(c2cc(Br)cnc2F)C2CC2S1.CN(C)C=O. The number of carbonyl (C=O) groups excluding carboxylic acids is 2. The highest BCUT2D eigenvalue weighted by Crippen LogP contribution is 2.55. The van der Waals surface area contributed by atoms with E-state index in [2.05, 4.69) is 25.9 Å². The Morgan fingerprint density at radius 3 is 2.60 bits per heavy atom. The Balaban J connectivity index is 0.000000575. The molecular weight excluding hydrogens is 502 g/mol. The second-order valence-electron chi connectivity index (χ2n) is 7.86. The molecule has 7 nitrogen and oxygen atoms in total. The molecule has 2 amide bonds. The number of nitrogens with zero attached hydrogens (tertiary/aromatic N) is 4. The van der Waals surface area contributed by atoms with E-state index in [0.717, 1.165) is 17.1 Å². The molecule has 0 radical (unpaired) electrons. The molecule has 12 heteroatoms. The summed E-state index contributed by atoms with van der Waals surface area (Å²) in [6, 6.07) is 1.13. The first-order valence-corrected chi connectivity index (χ1v) is 11.3. The van der Waals surface area contributed by atoms with Crippen LogP contribution < -0.4 is 0 Å². The van der Waals surface area contributed by atoms with E-state index in [4.69, 9.17) is 4.74 Å². The Hall–Kier alpha value is -1.40. The molecule has 1 aliphatic carbocycles. The monoisotopic (exact) mass is 524 g/mol. The molecule has 2 aliphatic rings. The molecule has 30 heavy (non-hydrogen) atoms. The number of aliphatic imine (C=N–C) groups is 1. The predicted octanol–water partition coefficient (Wildman–Crippen LogP) is 4.99. The van der Waals surface area contributed by atoms with Crippen molar-refractivity contribution in [2.45, 2.75) is 44.1 Å². The van der Waals surface area contributed by atoms with Gasteiger partial charge in [-0.3, -0.25) is 9.79 Å². The van der Waals surface area contributed by atoms with E-state index in [1.54, 1.807) is 40.9 Å². The summed E-state index contributed by atoms with van der Waals surface area (Å²) in [5.41, 5.74) is -0.417. The van der Waals surface area contributed by atoms with Crippen LogP contribution in [0, 0.1) is 11.9 Å². The number of ether oxygens (including phenoxy) is 1. The van der Waals surface area contributed by atoms with Crippen LogP contribution in [-0.2, 0) is 9.53 Å². The molecule has 0 bridgehead atoms. The van der Waals surface area contributed by atoms with Crippen LogP contribution in [-0.4, -0.2) is 56.8 Å². The maximum absolute atomic E-state index is 14.1. The third-order valence-corrected chi connectivity index (χ3v) is 6.21. The molecule has 3 atom stereocenters. The van der Waals surface area contributed by atoms with Crippen LogP contribution in [0.5, 0.6) is 0 Å². The number of carbonyl (C=O) groups is 2. The molecule has 1 aliphatic heterocycles. The Bertz CT molecular complexity index is 823. The summed E-state index contributed by atoms with van der Waals surface area (Å²) in [5, 5.41) is 0.359. The normalized spacial score (nSPS) is 22.0. The fourth-order valence-electron chi connectivity index (χ4n) is 2.52. The van der Waals surface area contributed by atoms with Crippen LogP contribution in [0.25, 0.3) is 0 Å². The van der Waals surface area contributed by atoms with Gasteiger partial charge in [0.2, 0.25) is 12.4 Å². The summed E-state index contributed by atoms with van der Waals surface area (Å²) in [5.74, 6) is -0.449. The summed E-state index contributed by atoms with van der Waals surface area (Å²) in [4.78, 5) is 31.3. The molecule has 0 aromatic carbocycles. The van der Waals surface area contributed by atoms with Crippen LogP contribution in [0.4, 0.5) is 13.1 Å². The molecule has 166 valence electrons. The van der Waals surface area contributed by atoms with Crippen LogP contribution in [0.15, 0.2) is 21.7 Å². The van der Waals surface area contributed by atoms with Gasteiger partial charge in [0, 0.05) is 35.6 Å². The number of aromatic nitrogens is 1. The van der Waals surface area contributed by atoms with Crippen molar-refractivity contribution in [1.29, 1.82) is 0 Å². The van der Waals surface area contributed by atoms with Crippen LogP contribution in [0.1, 0.15) is 38.8 Å². The quantitative estimate of drug-likeness (QED) is 0.315. The zero-order valence-corrected chi connectivity index (χ0v) is 20.4. The van der Waals surface area contributed by atoms with Crippen molar-refractivity contribution >= 4 is 57.7 Å². The first-order valence-electron chi connectivity index (χ1n) is 8.95. The van der Waals surface area contributed by atoms with Crippen molar-refractivity contribution < 1.29 is 22.6 Å². The lowest BCUT2D eigenvalue weighted by Gasteiger charge is -2.27. The first-order chi connectivity index (χ1) is 14.0. The van der Waals surface area contributed by atoms with E-state index in [1.165, 1.54) is 22.9 Å². The number of hydrogen-bond donors (Lipinski definition) is 0. The highest BCUT2D eigenvalue weighted by atomic mass is 79.9. The van der Waals surface area contributed by atoms with Crippen LogP contribution in [0.2, 0.25) is 0 Å². The van der Waals surface area contributed by atoms with E-state index in [-0.39, 0.29) is 28.7 Å². The molecule has 1 aromatic rings. The highest BCUT2D eigenvalue weighted by molar-refractivity contribution is 9.10. The smallest absolute Gasteiger partial charge is 0.428 e. The van der Waals surface area contributed by atoms with Gasteiger partial charge in [-0.05, 0) is 55.1 Å². The summed E-state index contributed by atoms with van der Waals surface area (Å²) in [6.45, 7) is 5.10. The average Bonchev–Trinajstić information content (AvgIpc) is 3.42. The van der Waals surface area contributed by atoms with Gasteiger partial charge in [-0.15, -0.1) is 3.89 Å². The Morgan fingerprint density at radius 2 is 2.07 bits per heavy atom. The summed E-state index contributed by atoms with van der Waals surface area (Å²) >= 11 is 4.33. The number of thioether (sulfide) groups is 1. The number of pyridine rings is 1. The third kappa shape index (κ3) is 6.81.